The van der Waals surface area contributed by atoms with E-state index >= 15 is 0 Å². The van der Waals surface area contributed by atoms with Crippen molar-refractivity contribution in [1.82, 2.24) is 10.2 Å². The Morgan fingerprint density at radius 3 is 2.86 bits per heavy atom. The Balaban J connectivity index is 1.70. The van der Waals surface area contributed by atoms with Crippen LogP contribution in [0.25, 0.3) is 6.08 Å². The van der Waals surface area contributed by atoms with Gasteiger partial charge in [0.05, 0.1) is 0 Å². The van der Waals surface area contributed by atoms with Crippen LogP contribution in [0.4, 0.5) is 4.39 Å². The average Bonchev–Trinajstić information content (AvgIpc) is 2.49. The number of piperidine rings is 1. The first-order valence-electron chi connectivity index (χ1n) is 7.60. The summed E-state index contributed by atoms with van der Waals surface area (Å²) < 4.78 is 12.8. The fourth-order valence-electron chi connectivity index (χ4n) is 2.62. The number of amides is 1. The Hall–Kier alpha value is -1.68. The zero-order valence-electron chi connectivity index (χ0n) is 12.5. The second-order valence-corrected chi connectivity index (χ2v) is 5.56. The number of hydrogen-bond donors (Lipinski definition) is 1. The lowest BCUT2D eigenvalue weighted by Crippen LogP contribution is -2.42. The molecule has 21 heavy (non-hydrogen) atoms. The van der Waals surface area contributed by atoms with Crippen LogP contribution in [0.5, 0.6) is 0 Å². The predicted octanol–water partition coefficient (Wildman–Crippen LogP) is 2.83. The minimum Gasteiger partial charge on any atom is -0.351 e. The number of benzene rings is 1. The quantitative estimate of drug-likeness (QED) is 0.846. The van der Waals surface area contributed by atoms with Gasteiger partial charge >= 0.3 is 0 Å². The van der Waals surface area contributed by atoms with Gasteiger partial charge in [-0.3, -0.25) is 9.69 Å². The molecule has 3 nitrogen and oxygen atoms in total. The molecule has 114 valence electrons. The molecule has 2 rings (SSSR count). The first-order chi connectivity index (χ1) is 10.1. The zero-order valence-corrected chi connectivity index (χ0v) is 12.5. The maximum Gasteiger partial charge on any atom is 0.244 e. The normalized spacial score (nSPS) is 19.8. The maximum absolute atomic E-state index is 12.8. The summed E-state index contributed by atoms with van der Waals surface area (Å²) >= 11 is 0. The van der Waals surface area contributed by atoms with Crippen LogP contribution in [0, 0.1) is 5.82 Å². The first kappa shape index (κ1) is 15.7. The van der Waals surface area contributed by atoms with Gasteiger partial charge in [0.1, 0.15) is 5.82 Å². The van der Waals surface area contributed by atoms with Gasteiger partial charge in [-0.1, -0.05) is 18.6 Å². The molecule has 1 aliphatic heterocycles. The third-order valence-electron chi connectivity index (χ3n) is 3.94. The molecule has 0 unspecified atom stereocenters. The molecule has 0 radical (unpaired) electrons. The summed E-state index contributed by atoms with van der Waals surface area (Å²) in [5.41, 5.74) is 0.816. The minimum atomic E-state index is -0.271. The van der Waals surface area contributed by atoms with E-state index in [0.717, 1.165) is 18.7 Å². The summed E-state index contributed by atoms with van der Waals surface area (Å²) in [6.45, 7) is 4.94. The van der Waals surface area contributed by atoms with Crippen molar-refractivity contribution >= 4 is 12.0 Å². The number of halogens is 1. The van der Waals surface area contributed by atoms with Crippen LogP contribution >= 0.6 is 0 Å². The molecule has 1 N–H and O–H groups in total. The first-order valence-corrected chi connectivity index (χ1v) is 7.60. The van der Waals surface area contributed by atoms with Crippen LogP contribution < -0.4 is 5.32 Å². The van der Waals surface area contributed by atoms with Crippen molar-refractivity contribution in [3.63, 3.8) is 0 Å². The number of nitrogens with zero attached hydrogens (tertiary/aromatic N) is 1. The minimum absolute atomic E-state index is 0.107. The van der Waals surface area contributed by atoms with E-state index in [1.165, 1.54) is 37.5 Å². The van der Waals surface area contributed by atoms with Gasteiger partial charge in [0, 0.05) is 25.2 Å². The monoisotopic (exact) mass is 290 g/mol. The van der Waals surface area contributed by atoms with Crippen LogP contribution in [-0.2, 0) is 4.79 Å². The standard InChI is InChI=1S/C17H23FN2O/c1-14-4-2-3-12-20(14)13-11-19-17(21)10-7-15-5-8-16(18)9-6-15/h5-10,14H,2-4,11-13H2,1H3,(H,19,21)/b10-7+/t14-/m0/s1. The van der Waals surface area contributed by atoms with Gasteiger partial charge in [-0.25, -0.2) is 4.39 Å². The zero-order chi connectivity index (χ0) is 15.1. The molecule has 1 aromatic carbocycles. The Labute approximate surface area is 125 Å². The number of rotatable bonds is 5. The molecule has 1 amide bonds. The van der Waals surface area contributed by atoms with Crippen LogP contribution in [0.1, 0.15) is 31.7 Å². The second-order valence-electron chi connectivity index (χ2n) is 5.56. The van der Waals surface area contributed by atoms with E-state index in [2.05, 4.69) is 17.1 Å². The van der Waals surface area contributed by atoms with Gasteiger partial charge in [0.25, 0.3) is 0 Å². The van der Waals surface area contributed by atoms with Gasteiger partial charge in [-0.2, -0.15) is 0 Å². The summed E-state index contributed by atoms with van der Waals surface area (Å²) in [5, 5.41) is 2.89. The van der Waals surface area contributed by atoms with Crippen molar-refractivity contribution in [3.05, 3.63) is 41.7 Å². The van der Waals surface area contributed by atoms with Crippen LogP contribution in [0.2, 0.25) is 0 Å². The molecule has 0 aromatic heterocycles. The van der Waals surface area contributed by atoms with Crippen molar-refractivity contribution < 1.29 is 9.18 Å². The summed E-state index contributed by atoms with van der Waals surface area (Å²) in [7, 11) is 0. The van der Waals surface area contributed by atoms with E-state index in [0.29, 0.717) is 12.6 Å². The molecule has 4 heteroatoms. The van der Waals surface area contributed by atoms with Crippen LogP contribution in [-0.4, -0.2) is 36.5 Å². The Bertz CT molecular complexity index is 484. The van der Waals surface area contributed by atoms with Crippen LogP contribution in [0.15, 0.2) is 30.3 Å². The van der Waals surface area contributed by atoms with E-state index in [9.17, 15) is 9.18 Å². The highest BCUT2D eigenvalue weighted by Crippen LogP contribution is 2.15. The maximum atomic E-state index is 12.8. The molecule has 0 bridgehead atoms. The lowest BCUT2D eigenvalue weighted by molar-refractivity contribution is -0.116. The van der Waals surface area contributed by atoms with Crippen molar-refractivity contribution in [1.29, 1.82) is 0 Å². The second kappa shape index (κ2) is 7.93. The van der Waals surface area contributed by atoms with Crippen molar-refractivity contribution in [2.45, 2.75) is 32.2 Å². The van der Waals surface area contributed by atoms with Gasteiger partial charge in [-0.15, -0.1) is 0 Å². The Morgan fingerprint density at radius 2 is 2.14 bits per heavy atom. The molecule has 1 saturated heterocycles. The summed E-state index contributed by atoms with van der Waals surface area (Å²) in [4.78, 5) is 14.1. The number of hydrogen-bond acceptors (Lipinski definition) is 2. The number of nitrogens with one attached hydrogen (secondary N) is 1. The molecule has 0 saturated carbocycles. The largest absolute Gasteiger partial charge is 0.351 e. The van der Waals surface area contributed by atoms with Gasteiger partial charge < -0.3 is 5.32 Å². The lowest BCUT2D eigenvalue weighted by atomic mass is 10.0. The van der Waals surface area contributed by atoms with Crippen molar-refractivity contribution in [3.8, 4) is 0 Å². The molecule has 0 aliphatic carbocycles. The summed E-state index contributed by atoms with van der Waals surface area (Å²) in [6, 6.07) is 6.68. The van der Waals surface area contributed by atoms with E-state index < -0.39 is 0 Å². The van der Waals surface area contributed by atoms with Crippen molar-refractivity contribution in [2.75, 3.05) is 19.6 Å². The fraction of sp³-hybridized carbons (Fsp3) is 0.471. The average molecular weight is 290 g/mol. The van der Waals surface area contributed by atoms with E-state index in [1.807, 2.05) is 0 Å². The van der Waals surface area contributed by atoms with Gasteiger partial charge in [0.15, 0.2) is 0 Å². The smallest absolute Gasteiger partial charge is 0.244 e. The molecule has 1 heterocycles. The number of likely N-dealkylation sites (tertiary alicyclic amines) is 1. The van der Waals surface area contributed by atoms with Gasteiger partial charge in [0.2, 0.25) is 5.91 Å². The molecular weight excluding hydrogens is 267 g/mol. The summed E-state index contributed by atoms with van der Waals surface area (Å²) in [6.07, 6.45) is 7.00. The predicted molar refractivity (Wildman–Crippen MR) is 83.3 cm³/mol. The topological polar surface area (TPSA) is 32.3 Å². The fourth-order valence-corrected chi connectivity index (χ4v) is 2.62. The highest BCUT2D eigenvalue weighted by Gasteiger charge is 2.17. The molecular formula is C17H23FN2O. The molecule has 1 fully saturated rings. The molecule has 0 spiro atoms. The highest BCUT2D eigenvalue weighted by molar-refractivity contribution is 5.91. The molecule has 1 aliphatic rings. The van der Waals surface area contributed by atoms with E-state index in [1.54, 1.807) is 18.2 Å². The van der Waals surface area contributed by atoms with Gasteiger partial charge in [-0.05, 0) is 50.1 Å². The number of carbonyl (C=O) groups is 1. The SMILES string of the molecule is C[C@H]1CCCCN1CCNC(=O)/C=C/c1ccc(F)cc1. The van der Waals surface area contributed by atoms with Crippen LogP contribution in [0.3, 0.4) is 0 Å². The van der Waals surface area contributed by atoms with Crippen molar-refractivity contribution in [2.24, 2.45) is 0 Å². The molecule has 1 aromatic rings. The van der Waals surface area contributed by atoms with E-state index in [4.69, 9.17) is 0 Å². The third-order valence-corrected chi connectivity index (χ3v) is 3.94. The Kier molecular flexibility index (Phi) is 5.93. The number of carbonyl (C=O) groups excluding carboxylic acids is 1. The third kappa shape index (κ3) is 5.31. The Morgan fingerprint density at radius 1 is 1.38 bits per heavy atom. The van der Waals surface area contributed by atoms with E-state index in [-0.39, 0.29) is 11.7 Å². The molecule has 1 atom stereocenters. The summed E-state index contributed by atoms with van der Waals surface area (Å²) in [5.74, 6) is -0.378. The lowest BCUT2D eigenvalue weighted by Gasteiger charge is -2.33. The highest BCUT2D eigenvalue weighted by atomic mass is 19.1.